The minimum absolute atomic E-state index is 0.108. The van der Waals surface area contributed by atoms with E-state index in [-0.39, 0.29) is 17.5 Å². The van der Waals surface area contributed by atoms with Gasteiger partial charge in [0.1, 0.15) is 0 Å². The summed E-state index contributed by atoms with van der Waals surface area (Å²) in [6.07, 6.45) is 5.09. The molecule has 0 spiro atoms. The standard InChI is InChI=1S/C13H22N4O3/c1-4-13(5-2)8-10(6-7-20-13)15-12-11(17(18)19)14-9-16(12)3/h9-10,15H,4-8H2,1-3H3. The Kier molecular flexibility index (Phi) is 4.27. The first kappa shape index (κ1) is 14.8. The van der Waals surface area contributed by atoms with Crippen LogP contribution in [0.5, 0.6) is 0 Å². The summed E-state index contributed by atoms with van der Waals surface area (Å²) in [6, 6.07) is 0.178. The minimum Gasteiger partial charge on any atom is -0.375 e. The molecule has 0 bridgehead atoms. The average molecular weight is 282 g/mol. The molecule has 0 saturated carbocycles. The van der Waals surface area contributed by atoms with Gasteiger partial charge in [-0.25, -0.2) is 0 Å². The largest absolute Gasteiger partial charge is 0.406 e. The van der Waals surface area contributed by atoms with Crippen LogP contribution in [0.2, 0.25) is 0 Å². The van der Waals surface area contributed by atoms with Crippen molar-refractivity contribution in [2.24, 2.45) is 7.05 Å². The molecule has 0 amide bonds. The van der Waals surface area contributed by atoms with Gasteiger partial charge in [0.05, 0.1) is 5.60 Å². The van der Waals surface area contributed by atoms with Crippen LogP contribution in [0.15, 0.2) is 6.33 Å². The van der Waals surface area contributed by atoms with Gasteiger partial charge in [-0.05, 0) is 35.6 Å². The fourth-order valence-electron chi connectivity index (χ4n) is 2.80. The number of anilines is 1. The number of aromatic nitrogens is 2. The highest BCUT2D eigenvalue weighted by atomic mass is 16.6. The number of imidazole rings is 1. The molecule has 2 heterocycles. The summed E-state index contributed by atoms with van der Waals surface area (Å²) in [5.74, 6) is 0.362. The third kappa shape index (κ3) is 2.77. The maximum absolute atomic E-state index is 11.0. The second kappa shape index (κ2) is 5.78. The summed E-state index contributed by atoms with van der Waals surface area (Å²) < 4.78 is 7.58. The molecule has 2 rings (SSSR count). The summed E-state index contributed by atoms with van der Waals surface area (Å²) in [5, 5.41) is 14.3. The molecule has 1 atom stereocenters. The van der Waals surface area contributed by atoms with Crippen molar-refractivity contribution in [2.45, 2.75) is 51.2 Å². The van der Waals surface area contributed by atoms with Crippen molar-refractivity contribution in [3.05, 3.63) is 16.4 Å². The first-order valence-electron chi connectivity index (χ1n) is 7.07. The maximum atomic E-state index is 11.0. The van der Waals surface area contributed by atoms with Gasteiger partial charge in [-0.15, -0.1) is 0 Å². The molecule has 0 aliphatic carbocycles. The highest BCUT2D eigenvalue weighted by molar-refractivity contribution is 5.52. The van der Waals surface area contributed by atoms with Crippen LogP contribution >= 0.6 is 0 Å². The predicted molar refractivity (Wildman–Crippen MR) is 75.8 cm³/mol. The van der Waals surface area contributed by atoms with Crippen molar-refractivity contribution < 1.29 is 9.66 Å². The number of nitro groups is 1. The molecular weight excluding hydrogens is 260 g/mol. The molecule has 1 unspecified atom stereocenters. The topological polar surface area (TPSA) is 82.2 Å². The number of hydrogen-bond donors (Lipinski definition) is 1. The molecule has 1 fully saturated rings. The summed E-state index contributed by atoms with van der Waals surface area (Å²) in [6.45, 7) is 4.93. The lowest BCUT2D eigenvalue weighted by Gasteiger charge is -2.40. The van der Waals surface area contributed by atoms with Crippen molar-refractivity contribution in [3.63, 3.8) is 0 Å². The van der Waals surface area contributed by atoms with Gasteiger partial charge in [0.25, 0.3) is 0 Å². The third-order valence-corrected chi connectivity index (χ3v) is 4.21. The molecular formula is C13H22N4O3. The molecule has 1 aromatic heterocycles. The summed E-state index contributed by atoms with van der Waals surface area (Å²) in [4.78, 5) is 14.4. The van der Waals surface area contributed by atoms with E-state index in [4.69, 9.17) is 4.74 Å². The average Bonchev–Trinajstić information content (AvgIpc) is 2.80. The first-order valence-corrected chi connectivity index (χ1v) is 7.07. The number of nitrogens with one attached hydrogen (secondary N) is 1. The molecule has 112 valence electrons. The summed E-state index contributed by atoms with van der Waals surface area (Å²) in [7, 11) is 1.76. The quantitative estimate of drug-likeness (QED) is 0.662. The van der Waals surface area contributed by atoms with Gasteiger partial charge < -0.3 is 20.2 Å². The van der Waals surface area contributed by atoms with Gasteiger partial charge in [-0.2, -0.15) is 0 Å². The number of rotatable bonds is 5. The van der Waals surface area contributed by atoms with Gasteiger partial charge in [0, 0.05) is 19.7 Å². The van der Waals surface area contributed by atoms with Crippen LogP contribution in [0.3, 0.4) is 0 Å². The predicted octanol–water partition coefficient (Wildman–Crippen LogP) is 2.48. The molecule has 1 N–H and O–H groups in total. The Morgan fingerprint density at radius 1 is 1.60 bits per heavy atom. The second-order valence-corrected chi connectivity index (χ2v) is 5.36. The van der Waals surface area contributed by atoms with E-state index < -0.39 is 4.92 Å². The van der Waals surface area contributed by atoms with Crippen LogP contribution in [0.25, 0.3) is 0 Å². The van der Waals surface area contributed by atoms with Crippen LogP contribution in [-0.2, 0) is 11.8 Å². The first-order chi connectivity index (χ1) is 9.51. The van der Waals surface area contributed by atoms with Crippen molar-refractivity contribution in [1.29, 1.82) is 0 Å². The van der Waals surface area contributed by atoms with Gasteiger partial charge in [0.15, 0.2) is 0 Å². The van der Waals surface area contributed by atoms with Crippen LogP contribution in [-0.4, -0.2) is 32.7 Å². The number of ether oxygens (including phenoxy) is 1. The maximum Gasteiger partial charge on any atom is 0.406 e. The number of hydrogen-bond acceptors (Lipinski definition) is 5. The molecule has 1 aliphatic heterocycles. The Morgan fingerprint density at radius 3 is 2.90 bits per heavy atom. The molecule has 0 radical (unpaired) electrons. The van der Waals surface area contributed by atoms with E-state index in [1.54, 1.807) is 11.6 Å². The lowest BCUT2D eigenvalue weighted by molar-refractivity contribution is -0.388. The Labute approximate surface area is 118 Å². The SMILES string of the molecule is CCC1(CC)CC(Nc2c([N+](=O)[O-])ncn2C)CCO1. The van der Waals surface area contributed by atoms with Crippen LogP contribution in [0, 0.1) is 10.1 Å². The smallest absolute Gasteiger partial charge is 0.375 e. The van der Waals surface area contributed by atoms with E-state index in [0.29, 0.717) is 12.4 Å². The Hall–Kier alpha value is -1.63. The van der Waals surface area contributed by atoms with Gasteiger partial charge in [-0.3, -0.25) is 4.57 Å². The molecule has 7 heteroatoms. The Morgan fingerprint density at radius 2 is 2.30 bits per heavy atom. The summed E-state index contributed by atoms with van der Waals surface area (Å²) in [5.41, 5.74) is -0.108. The van der Waals surface area contributed by atoms with Crippen molar-refractivity contribution in [3.8, 4) is 0 Å². The van der Waals surface area contributed by atoms with Crippen molar-refractivity contribution >= 4 is 11.6 Å². The zero-order valence-corrected chi connectivity index (χ0v) is 12.3. The lowest BCUT2D eigenvalue weighted by atomic mass is 9.86. The fraction of sp³-hybridized carbons (Fsp3) is 0.769. The van der Waals surface area contributed by atoms with E-state index in [1.807, 2.05) is 0 Å². The molecule has 20 heavy (non-hydrogen) atoms. The van der Waals surface area contributed by atoms with Crippen LogP contribution in [0.4, 0.5) is 11.6 Å². The van der Waals surface area contributed by atoms with E-state index in [0.717, 1.165) is 25.7 Å². The molecule has 1 aromatic rings. The molecule has 0 aromatic carbocycles. The van der Waals surface area contributed by atoms with Crippen LogP contribution in [0.1, 0.15) is 39.5 Å². The van der Waals surface area contributed by atoms with E-state index in [2.05, 4.69) is 24.1 Å². The minimum atomic E-state index is -0.450. The highest BCUT2D eigenvalue weighted by Gasteiger charge is 2.35. The monoisotopic (exact) mass is 282 g/mol. The number of nitrogens with zero attached hydrogens (tertiary/aromatic N) is 3. The molecule has 1 aliphatic rings. The van der Waals surface area contributed by atoms with Crippen LogP contribution < -0.4 is 5.32 Å². The van der Waals surface area contributed by atoms with Gasteiger partial charge in [0.2, 0.25) is 12.1 Å². The highest BCUT2D eigenvalue weighted by Crippen LogP contribution is 2.33. The van der Waals surface area contributed by atoms with E-state index in [1.165, 1.54) is 6.33 Å². The van der Waals surface area contributed by atoms with E-state index in [9.17, 15) is 10.1 Å². The lowest BCUT2D eigenvalue weighted by Crippen LogP contribution is -2.43. The summed E-state index contributed by atoms with van der Waals surface area (Å²) >= 11 is 0. The van der Waals surface area contributed by atoms with Crippen molar-refractivity contribution in [2.75, 3.05) is 11.9 Å². The Bertz CT molecular complexity index is 482. The van der Waals surface area contributed by atoms with Gasteiger partial charge >= 0.3 is 5.82 Å². The third-order valence-electron chi connectivity index (χ3n) is 4.21. The zero-order chi connectivity index (χ0) is 14.8. The normalized spacial score (nSPS) is 21.6. The van der Waals surface area contributed by atoms with Crippen molar-refractivity contribution in [1.82, 2.24) is 9.55 Å². The zero-order valence-electron chi connectivity index (χ0n) is 12.3. The van der Waals surface area contributed by atoms with E-state index >= 15 is 0 Å². The Balaban J connectivity index is 2.14. The molecule has 1 saturated heterocycles. The fourth-order valence-corrected chi connectivity index (χ4v) is 2.80. The van der Waals surface area contributed by atoms with Gasteiger partial charge in [-0.1, -0.05) is 13.8 Å². The number of aryl methyl sites for hydroxylation is 1. The molecule has 7 nitrogen and oxygen atoms in total. The second-order valence-electron chi connectivity index (χ2n) is 5.36.